The number of esters is 1. The van der Waals surface area contributed by atoms with Gasteiger partial charge in [-0.2, -0.15) is 0 Å². The molecule has 116 valence electrons. The van der Waals surface area contributed by atoms with E-state index in [4.69, 9.17) is 14.2 Å². The maximum atomic E-state index is 12.1. The molecule has 0 saturated carbocycles. The van der Waals surface area contributed by atoms with Crippen LogP contribution in [0, 0.1) is 0 Å². The van der Waals surface area contributed by atoms with Gasteiger partial charge in [-0.05, 0) is 52.8 Å². The smallest absolute Gasteiger partial charge is 0.350 e. The monoisotopic (exact) mass is 294 g/mol. The lowest BCUT2D eigenvalue weighted by Crippen LogP contribution is -2.43. The summed E-state index contributed by atoms with van der Waals surface area (Å²) >= 11 is 0. The molecule has 5 nitrogen and oxygen atoms in total. The molecule has 0 aliphatic carbocycles. The van der Waals surface area contributed by atoms with Gasteiger partial charge >= 0.3 is 5.97 Å². The Balaban J connectivity index is 2.93. The van der Waals surface area contributed by atoms with Crippen LogP contribution in [0.5, 0.6) is 11.5 Å². The van der Waals surface area contributed by atoms with Crippen molar-refractivity contribution in [1.82, 2.24) is 0 Å². The van der Waals surface area contributed by atoms with E-state index in [2.05, 4.69) is 0 Å². The van der Waals surface area contributed by atoms with Gasteiger partial charge in [0.15, 0.2) is 11.9 Å². The van der Waals surface area contributed by atoms with Crippen molar-refractivity contribution in [2.75, 3.05) is 7.11 Å². The summed E-state index contributed by atoms with van der Waals surface area (Å²) < 4.78 is 16.0. The molecular weight excluding hydrogens is 272 g/mol. The highest BCUT2D eigenvalue weighted by Gasteiger charge is 2.34. The summed E-state index contributed by atoms with van der Waals surface area (Å²) in [5, 5.41) is 0. The lowest BCUT2D eigenvalue weighted by Gasteiger charge is -2.29. The van der Waals surface area contributed by atoms with Crippen LogP contribution in [0.2, 0.25) is 0 Å². The summed E-state index contributed by atoms with van der Waals surface area (Å²) in [6.45, 7) is 8.61. The quantitative estimate of drug-likeness (QED) is 0.617. The molecule has 1 aromatic rings. The van der Waals surface area contributed by atoms with Crippen molar-refractivity contribution in [1.29, 1.82) is 0 Å². The molecule has 0 aromatic heterocycles. The van der Waals surface area contributed by atoms with E-state index in [1.807, 2.05) is 0 Å². The first-order chi connectivity index (χ1) is 9.59. The van der Waals surface area contributed by atoms with E-state index in [1.165, 1.54) is 13.2 Å². The topological polar surface area (TPSA) is 61.8 Å². The minimum Gasteiger partial charge on any atom is -0.496 e. The third-order valence-corrected chi connectivity index (χ3v) is 2.59. The Kier molecular flexibility index (Phi) is 4.99. The van der Waals surface area contributed by atoms with E-state index in [-0.39, 0.29) is 0 Å². The third kappa shape index (κ3) is 4.77. The van der Waals surface area contributed by atoms with Crippen LogP contribution in [0.1, 0.15) is 45.0 Å². The van der Waals surface area contributed by atoms with E-state index < -0.39 is 17.2 Å². The molecule has 21 heavy (non-hydrogen) atoms. The van der Waals surface area contributed by atoms with Gasteiger partial charge in [0.25, 0.3) is 0 Å². The van der Waals surface area contributed by atoms with Crippen molar-refractivity contribution in [2.45, 2.75) is 45.8 Å². The first kappa shape index (κ1) is 17.0. The number of hydrogen-bond acceptors (Lipinski definition) is 5. The number of aldehydes is 1. The van der Waals surface area contributed by atoms with Gasteiger partial charge < -0.3 is 14.2 Å². The SMILES string of the molecule is COc1ccc(OC(C)(C)C(=O)OC(C)(C)C)cc1C=O. The largest absolute Gasteiger partial charge is 0.496 e. The number of rotatable bonds is 5. The first-order valence-corrected chi connectivity index (χ1v) is 6.65. The summed E-state index contributed by atoms with van der Waals surface area (Å²) in [4.78, 5) is 23.1. The second kappa shape index (κ2) is 6.16. The van der Waals surface area contributed by atoms with Gasteiger partial charge in [-0.3, -0.25) is 4.79 Å². The molecule has 0 heterocycles. The summed E-state index contributed by atoms with van der Waals surface area (Å²) in [5.74, 6) is 0.375. The maximum absolute atomic E-state index is 12.1. The number of ether oxygens (including phenoxy) is 3. The molecule has 0 aliphatic heterocycles. The molecule has 0 unspecified atom stereocenters. The van der Waals surface area contributed by atoms with Crippen LogP contribution in [0.4, 0.5) is 0 Å². The molecular formula is C16H22O5. The van der Waals surface area contributed by atoms with E-state index in [9.17, 15) is 9.59 Å². The van der Waals surface area contributed by atoms with E-state index in [0.29, 0.717) is 23.3 Å². The number of benzene rings is 1. The van der Waals surface area contributed by atoms with Gasteiger partial charge in [0, 0.05) is 0 Å². The van der Waals surface area contributed by atoms with E-state index >= 15 is 0 Å². The Hall–Kier alpha value is -2.04. The molecule has 0 radical (unpaired) electrons. The number of methoxy groups -OCH3 is 1. The molecule has 0 amide bonds. The van der Waals surface area contributed by atoms with Crippen molar-refractivity contribution in [3.05, 3.63) is 23.8 Å². The Morgan fingerprint density at radius 1 is 1.14 bits per heavy atom. The van der Waals surface area contributed by atoms with Crippen LogP contribution >= 0.6 is 0 Å². The number of hydrogen-bond donors (Lipinski definition) is 0. The molecule has 1 rings (SSSR count). The average Bonchev–Trinajstić information content (AvgIpc) is 2.36. The molecule has 5 heteroatoms. The second-order valence-electron chi connectivity index (χ2n) is 6.14. The predicted molar refractivity (Wildman–Crippen MR) is 78.9 cm³/mol. The molecule has 1 aromatic carbocycles. The van der Waals surface area contributed by atoms with Gasteiger partial charge in [-0.25, -0.2) is 4.79 Å². The molecule has 0 aliphatic rings. The number of carbonyl (C=O) groups excluding carboxylic acids is 2. The highest BCUT2D eigenvalue weighted by molar-refractivity contribution is 5.81. The summed E-state index contributed by atoms with van der Waals surface area (Å²) in [7, 11) is 1.48. The van der Waals surface area contributed by atoms with Crippen LogP contribution in [0.15, 0.2) is 18.2 Å². The highest BCUT2D eigenvalue weighted by atomic mass is 16.6. The number of carbonyl (C=O) groups is 2. The lowest BCUT2D eigenvalue weighted by atomic mass is 10.1. The Labute approximate surface area is 125 Å². The molecule has 0 fully saturated rings. The third-order valence-electron chi connectivity index (χ3n) is 2.59. The highest BCUT2D eigenvalue weighted by Crippen LogP contribution is 2.26. The Morgan fingerprint density at radius 3 is 2.24 bits per heavy atom. The van der Waals surface area contributed by atoms with Gasteiger partial charge in [-0.1, -0.05) is 0 Å². The average molecular weight is 294 g/mol. The lowest BCUT2D eigenvalue weighted by molar-refractivity contribution is -0.170. The molecule has 0 saturated heterocycles. The predicted octanol–water partition coefficient (Wildman–Crippen LogP) is 3.01. The molecule has 0 atom stereocenters. The standard InChI is InChI=1S/C16H22O5/c1-15(2,3)21-14(18)16(4,5)20-12-7-8-13(19-6)11(9-12)10-17/h7-10H,1-6H3. The summed E-state index contributed by atoms with van der Waals surface area (Å²) in [5.41, 5.74) is -1.40. The second-order valence-corrected chi connectivity index (χ2v) is 6.14. The van der Waals surface area contributed by atoms with Crippen LogP contribution in [0.3, 0.4) is 0 Å². The van der Waals surface area contributed by atoms with Gasteiger partial charge in [0.05, 0.1) is 12.7 Å². The summed E-state index contributed by atoms with van der Waals surface area (Å²) in [6, 6.07) is 4.78. The van der Waals surface area contributed by atoms with Crippen molar-refractivity contribution < 1.29 is 23.8 Å². The Bertz CT molecular complexity index is 526. The van der Waals surface area contributed by atoms with Crippen molar-refractivity contribution in [3.8, 4) is 11.5 Å². The first-order valence-electron chi connectivity index (χ1n) is 6.65. The van der Waals surface area contributed by atoms with E-state index in [0.717, 1.165) is 0 Å². The van der Waals surface area contributed by atoms with Crippen LogP contribution in [0.25, 0.3) is 0 Å². The maximum Gasteiger partial charge on any atom is 0.350 e. The van der Waals surface area contributed by atoms with Crippen LogP contribution in [-0.4, -0.2) is 30.6 Å². The molecule has 0 bridgehead atoms. The zero-order valence-corrected chi connectivity index (χ0v) is 13.4. The van der Waals surface area contributed by atoms with E-state index in [1.54, 1.807) is 46.8 Å². The van der Waals surface area contributed by atoms with Crippen molar-refractivity contribution in [3.63, 3.8) is 0 Å². The fourth-order valence-corrected chi connectivity index (χ4v) is 1.61. The van der Waals surface area contributed by atoms with Gasteiger partial charge in [-0.15, -0.1) is 0 Å². The zero-order chi connectivity index (χ0) is 16.3. The van der Waals surface area contributed by atoms with Crippen LogP contribution < -0.4 is 9.47 Å². The Morgan fingerprint density at radius 2 is 1.76 bits per heavy atom. The normalized spacial score (nSPS) is 11.7. The van der Waals surface area contributed by atoms with Gasteiger partial charge in [0.2, 0.25) is 0 Å². The van der Waals surface area contributed by atoms with Gasteiger partial charge in [0.1, 0.15) is 17.1 Å². The minimum atomic E-state index is -1.16. The molecule has 0 N–H and O–H groups in total. The fraction of sp³-hybridized carbons (Fsp3) is 0.500. The summed E-state index contributed by atoms with van der Waals surface area (Å²) in [6.07, 6.45) is 0.673. The minimum absolute atomic E-state index is 0.356. The molecule has 0 spiro atoms. The zero-order valence-electron chi connectivity index (χ0n) is 13.4. The van der Waals surface area contributed by atoms with Crippen LogP contribution in [-0.2, 0) is 9.53 Å². The van der Waals surface area contributed by atoms with Crippen molar-refractivity contribution >= 4 is 12.3 Å². The fourth-order valence-electron chi connectivity index (χ4n) is 1.61. The van der Waals surface area contributed by atoms with Crippen molar-refractivity contribution in [2.24, 2.45) is 0 Å².